The Hall–Kier alpha value is -1.99. The van der Waals surface area contributed by atoms with Gasteiger partial charge in [-0.3, -0.25) is 9.59 Å². The molecule has 0 aromatic rings. The Morgan fingerprint density at radius 1 is 1.03 bits per heavy atom. The molecule has 0 aromatic heterocycles. The zero-order valence-corrected chi connectivity index (χ0v) is 25.2. The van der Waals surface area contributed by atoms with Gasteiger partial charge in [-0.15, -0.1) is 0 Å². The Labute approximate surface area is 234 Å². The van der Waals surface area contributed by atoms with Gasteiger partial charge in [-0.1, -0.05) is 53.9 Å². The van der Waals surface area contributed by atoms with Crippen LogP contribution in [0.15, 0.2) is 5.10 Å². The lowest BCUT2D eigenvalue weighted by Gasteiger charge is -2.64. The molecule has 39 heavy (non-hydrogen) atoms. The molecule has 8 nitrogen and oxygen atoms in total. The molecule has 4 saturated carbocycles. The molecule has 0 radical (unpaired) electrons. The molecule has 8 heteroatoms. The van der Waals surface area contributed by atoms with Crippen molar-refractivity contribution in [1.29, 1.82) is 0 Å². The fourth-order valence-corrected chi connectivity index (χ4v) is 10.0. The Morgan fingerprint density at radius 3 is 2.36 bits per heavy atom. The minimum absolute atomic E-state index is 0.213. The molecule has 0 amide bonds. The molecule has 9 atom stereocenters. The summed E-state index contributed by atoms with van der Waals surface area (Å²) in [7, 11) is 0. The van der Waals surface area contributed by atoms with Crippen LogP contribution >= 0.6 is 0 Å². The predicted octanol–water partition coefficient (Wildman–Crippen LogP) is 6.97. The van der Waals surface area contributed by atoms with Gasteiger partial charge in [0, 0.05) is 25.7 Å². The van der Waals surface area contributed by atoms with Crippen LogP contribution in [0.1, 0.15) is 119 Å². The van der Waals surface area contributed by atoms with Gasteiger partial charge in [0.25, 0.3) is 0 Å². The summed E-state index contributed by atoms with van der Waals surface area (Å²) in [6, 6.07) is 0. The van der Waals surface area contributed by atoms with Crippen LogP contribution in [0.2, 0.25) is 0 Å². The first-order valence-corrected chi connectivity index (χ1v) is 15.3. The van der Waals surface area contributed by atoms with Gasteiger partial charge >= 0.3 is 11.9 Å². The number of hydrazone groups is 1. The second kappa shape index (κ2) is 11.1. The van der Waals surface area contributed by atoms with Crippen LogP contribution in [-0.4, -0.2) is 34.4 Å². The predicted molar refractivity (Wildman–Crippen MR) is 149 cm³/mol. The van der Waals surface area contributed by atoms with Crippen LogP contribution in [0.4, 0.5) is 0 Å². The normalized spacial score (nSPS) is 41.3. The molecule has 0 aromatic carbocycles. The fourth-order valence-electron chi connectivity index (χ4n) is 10.0. The standard InChI is InChI=1S/C31H50N2O6/c1-19(2)9-8-10-20(3)25-11-12-26-24-17-28(32-33(36)37)31(39-22(5)35)18-23(38-21(4)34)13-16-30(31,7)27(24)14-15-29(25,26)6/h19-20,23-27H,8-18H2,1-7H3/b32-28-/t20-,23+,24-,25+,26-,27-,29-,30-,31+/m1/s1. The quantitative estimate of drug-likeness (QED) is 0.185. The molecule has 0 bridgehead atoms. The van der Waals surface area contributed by atoms with E-state index in [1.54, 1.807) is 0 Å². The SMILES string of the molecule is CC(=O)O[C@H]1CC[C@]2(C)[C@@H]3CC[C@@]4(C)[C@H](CC[C@H]4[C@H](C)CCCC(C)C)[C@H]3C/C(=N/[N+](=O)[O-])[C@@]2(OC(C)=O)C1. The van der Waals surface area contributed by atoms with Crippen molar-refractivity contribution in [2.75, 3.05) is 0 Å². The van der Waals surface area contributed by atoms with Crippen molar-refractivity contribution in [2.45, 2.75) is 131 Å². The third-order valence-electron chi connectivity index (χ3n) is 11.6. The van der Waals surface area contributed by atoms with Crippen LogP contribution in [0.25, 0.3) is 0 Å². The molecular weight excluding hydrogens is 496 g/mol. The molecule has 0 aliphatic heterocycles. The number of nitrogens with zero attached hydrogens (tertiary/aromatic N) is 2. The minimum atomic E-state index is -1.23. The number of hydrogen-bond acceptors (Lipinski definition) is 6. The van der Waals surface area contributed by atoms with E-state index in [4.69, 9.17) is 9.47 Å². The van der Waals surface area contributed by atoms with Gasteiger partial charge in [0.1, 0.15) is 11.8 Å². The average Bonchev–Trinajstić information content (AvgIpc) is 3.16. The Bertz CT molecular complexity index is 996. The third kappa shape index (κ3) is 5.38. The van der Waals surface area contributed by atoms with E-state index in [1.165, 1.54) is 39.5 Å². The van der Waals surface area contributed by atoms with Crippen molar-refractivity contribution in [3.05, 3.63) is 10.1 Å². The van der Waals surface area contributed by atoms with E-state index in [-0.39, 0.29) is 23.7 Å². The maximum absolute atomic E-state index is 12.5. The van der Waals surface area contributed by atoms with Gasteiger partial charge in [-0.2, -0.15) is 0 Å². The maximum atomic E-state index is 12.5. The first kappa shape index (κ1) is 30.0. The number of fused-ring (bicyclic) bond motifs is 5. The molecular formula is C31H50N2O6. The van der Waals surface area contributed by atoms with Crippen molar-refractivity contribution in [2.24, 2.45) is 51.4 Å². The van der Waals surface area contributed by atoms with Gasteiger partial charge in [0.15, 0.2) is 10.6 Å². The Kier molecular flexibility index (Phi) is 8.55. The van der Waals surface area contributed by atoms with Crippen molar-refractivity contribution in [3.63, 3.8) is 0 Å². The van der Waals surface area contributed by atoms with Crippen molar-refractivity contribution in [3.8, 4) is 0 Å². The van der Waals surface area contributed by atoms with Crippen LogP contribution in [0.3, 0.4) is 0 Å². The second-order valence-corrected chi connectivity index (χ2v) is 14.2. The first-order chi connectivity index (χ1) is 18.2. The molecule has 220 valence electrons. The number of carbonyl (C=O) groups excluding carboxylic acids is 2. The highest BCUT2D eigenvalue weighted by Gasteiger charge is 2.70. The molecule has 0 heterocycles. The summed E-state index contributed by atoms with van der Waals surface area (Å²) in [4.78, 5) is 36.3. The number of ether oxygens (including phenoxy) is 2. The third-order valence-corrected chi connectivity index (χ3v) is 11.6. The highest BCUT2D eigenvalue weighted by molar-refractivity contribution is 5.96. The van der Waals surface area contributed by atoms with Gasteiger partial charge in [-0.25, -0.2) is 10.1 Å². The molecule has 0 spiro atoms. The smallest absolute Gasteiger partial charge is 0.303 e. The number of hydrogen-bond donors (Lipinski definition) is 0. The summed E-state index contributed by atoms with van der Waals surface area (Å²) in [5.74, 6) is 2.22. The summed E-state index contributed by atoms with van der Waals surface area (Å²) >= 11 is 0. The lowest BCUT2D eigenvalue weighted by molar-refractivity contribution is -0.486. The van der Waals surface area contributed by atoms with Gasteiger partial charge < -0.3 is 9.47 Å². The van der Waals surface area contributed by atoms with Gasteiger partial charge in [-0.05, 0) is 85.9 Å². The summed E-state index contributed by atoms with van der Waals surface area (Å²) in [5, 5.41) is 15.2. The second-order valence-electron chi connectivity index (χ2n) is 14.2. The molecule has 0 N–H and O–H groups in total. The van der Waals surface area contributed by atoms with Crippen molar-refractivity contribution in [1.82, 2.24) is 0 Å². The maximum Gasteiger partial charge on any atom is 0.303 e. The van der Waals surface area contributed by atoms with Crippen molar-refractivity contribution >= 4 is 17.7 Å². The minimum Gasteiger partial charge on any atom is -0.462 e. The van der Waals surface area contributed by atoms with E-state index in [0.29, 0.717) is 42.7 Å². The molecule has 0 unspecified atom stereocenters. The van der Waals surface area contributed by atoms with Gasteiger partial charge in [0.05, 0.1) is 5.10 Å². The fraction of sp³-hybridized carbons (Fsp3) is 0.903. The van der Waals surface area contributed by atoms with Crippen LogP contribution < -0.4 is 0 Å². The lowest BCUT2D eigenvalue weighted by Crippen LogP contribution is -2.69. The zero-order chi connectivity index (χ0) is 28.8. The van der Waals surface area contributed by atoms with Crippen LogP contribution in [0.5, 0.6) is 0 Å². The van der Waals surface area contributed by atoms with Crippen molar-refractivity contribution < 1.29 is 24.1 Å². The summed E-state index contributed by atoms with van der Waals surface area (Å²) in [5.41, 5.74) is -1.16. The van der Waals surface area contributed by atoms with E-state index >= 15 is 0 Å². The average molecular weight is 547 g/mol. The summed E-state index contributed by atoms with van der Waals surface area (Å²) < 4.78 is 11.8. The Morgan fingerprint density at radius 2 is 1.74 bits per heavy atom. The number of carbonyl (C=O) groups is 2. The van der Waals surface area contributed by atoms with E-state index in [2.05, 4.69) is 39.7 Å². The number of rotatable bonds is 8. The van der Waals surface area contributed by atoms with E-state index in [9.17, 15) is 19.7 Å². The number of esters is 2. The number of nitro groups is 1. The van der Waals surface area contributed by atoms with E-state index in [1.807, 2.05) is 0 Å². The highest BCUT2D eigenvalue weighted by atomic mass is 16.7. The zero-order valence-electron chi connectivity index (χ0n) is 25.2. The molecule has 4 fully saturated rings. The summed E-state index contributed by atoms with van der Waals surface area (Å²) in [6.07, 6.45) is 9.91. The lowest BCUT2D eigenvalue weighted by atomic mass is 9.42. The summed E-state index contributed by atoms with van der Waals surface area (Å²) in [6.45, 7) is 14.4. The van der Waals surface area contributed by atoms with Gasteiger partial charge in [0.2, 0.25) is 0 Å². The molecule has 4 aliphatic carbocycles. The molecule has 4 rings (SSSR count). The molecule has 0 saturated heterocycles. The largest absolute Gasteiger partial charge is 0.462 e. The van der Waals surface area contributed by atoms with Crippen LogP contribution in [-0.2, 0) is 19.1 Å². The Balaban J connectivity index is 1.69. The molecule has 4 aliphatic rings. The van der Waals surface area contributed by atoms with E-state index in [0.717, 1.165) is 25.2 Å². The monoisotopic (exact) mass is 546 g/mol. The van der Waals surface area contributed by atoms with Crippen LogP contribution in [0, 0.1) is 56.5 Å². The topological polar surface area (TPSA) is 108 Å². The highest BCUT2D eigenvalue weighted by Crippen LogP contribution is 2.69. The van der Waals surface area contributed by atoms with E-state index < -0.39 is 34.1 Å². The first-order valence-electron chi connectivity index (χ1n) is 15.3.